The average Bonchev–Trinajstić information content (AvgIpc) is 3.06. The fourth-order valence-corrected chi connectivity index (χ4v) is 2.94. The standard InChI is InChI=1S/C17H22N2O4/c1-12(20)19(13-7-3-4-8-13)11-16(21)18-15-10-6-5-9-14(15)17(22)23-2/h5-6,9-10,13H,3-4,7-8,11H2,1-2H3,(H,18,21). The molecule has 6 nitrogen and oxygen atoms in total. The molecule has 0 spiro atoms. The van der Waals surface area contributed by atoms with Gasteiger partial charge in [0.1, 0.15) is 6.54 Å². The van der Waals surface area contributed by atoms with Crippen molar-refractivity contribution in [3.63, 3.8) is 0 Å². The van der Waals surface area contributed by atoms with Gasteiger partial charge in [-0.25, -0.2) is 4.79 Å². The van der Waals surface area contributed by atoms with Gasteiger partial charge >= 0.3 is 5.97 Å². The molecule has 23 heavy (non-hydrogen) atoms. The van der Waals surface area contributed by atoms with Gasteiger partial charge in [-0.05, 0) is 25.0 Å². The number of esters is 1. The Labute approximate surface area is 135 Å². The van der Waals surface area contributed by atoms with E-state index in [2.05, 4.69) is 5.32 Å². The second-order valence-electron chi connectivity index (χ2n) is 5.67. The van der Waals surface area contributed by atoms with E-state index in [0.29, 0.717) is 11.3 Å². The van der Waals surface area contributed by atoms with Crippen molar-refractivity contribution in [2.75, 3.05) is 19.0 Å². The Hall–Kier alpha value is -2.37. The zero-order chi connectivity index (χ0) is 16.8. The highest BCUT2D eigenvalue weighted by Gasteiger charge is 2.26. The predicted molar refractivity (Wildman–Crippen MR) is 86.1 cm³/mol. The quantitative estimate of drug-likeness (QED) is 0.845. The normalized spacial score (nSPS) is 14.3. The molecule has 1 aromatic rings. The molecule has 0 aliphatic heterocycles. The zero-order valence-electron chi connectivity index (χ0n) is 13.5. The highest BCUT2D eigenvalue weighted by Crippen LogP contribution is 2.23. The van der Waals surface area contributed by atoms with Crippen molar-refractivity contribution in [2.24, 2.45) is 0 Å². The first-order valence-electron chi connectivity index (χ1n) is 7.77. The lowest BCUT2D eigenvalue weighted by atomic mass is 10.1. The van der Waals surface area contributed by atoms with Crippen molar-refractivity contribution in [3.8, 4) is 0 Å². The lowest BCUT2D eigenvalue weighted by molar-refractivity contribution is -0.135. The van der Waals surface area contributed by atoms with E-state index in [9.17, 15) is 14.4 Å². The van der Waals surface area contributed by atoms with E-state index in [1.165, 1.54) is 14.0 Å². The van der Waals surface area contributed by atoms with E-state index < -0.39 is 5.97 Å². The number of hydrogen-bond donors (Lipinski definition) is 1. The monoisotopic (exact) mass is 318 g/mol. The summed E-state index contributed by atoms with van der Waals surface area (Å²) in [7, 11) is 1.29. The van der Waals surface area contributed by atoms with Crippen molar-refractivity contribution >= 4 is 23.5 Å². The molecule has 1 saturated carbocycles. The maximum absolute atomic E-state index is 12.3. The third-order valence-corrected chi connectivity index (χ3v) is 4.09. The number of methoxy groups -OCH3 is 1. The summed E-state index contributed by atoms with van der Waals surface area (Å²) in [5.41, 5.74) is 0.679. The number of nitrogens with zero attached hydrogens (tertiary/aromatic N) is 1. The molecule has 6 heteroatoms. The van der Waals surface area contributed by atoms with Gasteiger partial charge in [0, 0.05) is 13.0 Å². The molecular formula is C17H22N2O4. The second-order valence-corrected chi connectivity index (χ2v) is 5.67. The van der Waals surface area contributed by atoms with E-state index in [4.69, 9.17) is 4.74 Å². The first kappa shape index (κ1) is 17.0. The van der Waals surface area contributed by atoms with Gasteiger partial charge in [-0.3, -0.25) is 9.59 Å². The Bertz CT molecular complexity index is 594. The zero-order valence-corrected chi connectivity index (χ0v) is 13.5. The first-order chi connectivity index (χ1) is 11.0. The molecule has 0 bridgehead atoms. The number of hydrogen-bond acceptors (Lipinski definition) is 4. The van der Waals surface area contributed by atoms with Gasteiger partial charge in [-0.15, -0.1) is 0 Å². The van der Waals surface area contributed by atoms with Crippen LogP contribution in [0.3, 0.4) is 0 Å². The highest BCUT2D eigenvalue weighted by atomic mass is 16.5. The van der Waals surface area contributed by atoms with E-state index in [0.717, 1.165) is 25.7 Å². The molecule has 1 fully saturated rings. The number of benzene rings is 1. The van der Waals surface area contributed by atoms with Crippen LogP contribution in [0.2, 0.25) is 0 Å². The van der Waals surface area contributed by atoms with Crippen molar-refractivity contribution in [3.05, 3.63) is 29.8 Å². The molecule has 124 valence electrons. The second kappa shape index (κ2) is 7.76. The van der Waals surface area contributed by atoms with Gasteiger partial charge in [0.15, 0.2) is 0 Å². The number of amides is 2. The number of carbonyl (C=O) groups is 3. The maximum Gasteiger partial charge on any atom is 0.339 e. The van der Waals surface area contributed by atoms with Gasteiger partial charge in [-0.2, -0.15) is 0 Å². The molecule has 1 aliphatic rings. The molecule has 1 N–H and O–H groups in total. The van der Waals surface area contributed by atoms with Crippen LogP contribution < -0.4 is 5.32 Å². The molecule has 1 aromatic carbocycles. The van der Waals surface area contributed by atoms with Crippen molar-refractivity contribution in [1.82, 2.24) is 4.90 Å². The van der Waals surface area contributed by atoms with Gasteiger partial charge in [0.2, 0.25) is 11.8 Å². The van der Waals surface area contributed by atoms with Crippen molar-refractivity contribution in [1.29, 1.82) is 0 Å². The topological polar surface area (TPSA) is 75.7 Å². The summed E-state index contributed by atoms with van der Waals surface area (Å²) >= 11 is 0. The molecule has 0 aromatic heterocycles. The van der Waals surface area contributed by atoms with E-state index >= 15 is 0 Å². The van der Waals surface area contributed by atoms with Crippen LogP contribution in [-0.4, -0.2) is 42.4 Å². The average molecular weight is 318 g/mol. The van der Waals surface area contributed by atoms with Crippen LogP contribution in [0.1, 0.15) is 43.0 Å². The molecule has 1 aliphatic carbocycles. The van der Waals surface area contributed by atoms with Crippen LogP contribution in [0.25, 0.3) is 0 Å². The third-order valence-electron chi connectivity index (χ3n) is 4.09. The third kappa shape index (κ3) is 4.31. The van der Waals surface area contributed by atoms with Crippen LogP contribution >= 0.6 is 0 Å². The van der Waals surface area contributed by atoms with Gasteiger partial charge < -0.3 is 15.0 Å². The Morgan fingerprint density at radius 1 is 1.22 bits per heavy atom. The summed E-state index contributed by atoms with van der Waals surface area (Å²) < 4.78 is 4.70. The summed E-state index contributed by atoms with van der Waals surface area (Å²) in [5.74, 6) is -0.933. The van der Waals surface area contributed by atoms with Crippen molar-refractivity contribution in [2.45, 2.75) is 38.6 Å². The van der Waals surface area contributed by atoms with Crippen molar-refractivity contribution < 1.29 is 19.1 Å². The van der Waals surface area contributed by atoms with E-state index in [-0.39, 0.29) is 24.4 Å². The van der Waals surface area contributed by atoms with E-state index in [1.807, 2.05) is 0 Å². The Morgan fingerprint density at radius 2 is 1.87 bits per heavy atom. The summed E-state index contributed by atoms with van der Waals surface area (Å²) in [5, 5.41) is 2.70. The highest BCUT2D eigenvalue weighted by molar-refractivity contribution is 6.02. The number of ether oxygens (including phenoxy) is 1. The Morgan fingerprint density at radius 3 is 2.48 bits per heavy atom. The van der Waals surface area contributed by atoms with Crippen LogP contribution in [0.4, 0.5) is 5.69 Å². The Kier molecular flexibility index (Phi) is 5.73. The fraction of sp³-hybridized carbons (Fsp3) is 0.471. The minimum atomic E-state index is -0.514. The lowest BCUT2D eigenvalue weighted by Gasteiger charge is -2.27. The molecule has 0 heterocycles. The smallest absolute Gasteiger partial charge is 0.339 e. The Balaban J connectivity index is 2.06. The van der Waals surface area contributed by atoms with Crippen LogP contribution in [0, 0.1) is 0 Å². The molecule has 2 rings (SSSR count). The number of carbonyl (C=O) groups excluding carboxylic acids is 3. The van der Waals surface area contributed by atoms with Gasteiger partial charge in [0.05, 0.1) is 18.4 Å². The summed E-state index contributed by atoms with van der Waals surface area (Å²) in [6.07, 6.45) is 4.04. The molecule has 0 unspecified atom stereocenters. The van der Waals surface area contributed by atoms with Crippen LogP contribution in [0.15, 0.2) is 24.3 Å². The summed E-state index contributed by atoms with van der Waals surface area (Å²) in [4.78, 5) is 37.4. The number of nitrogens with one attached hydrogen (secondary N) is 1. The maximum atomic E-state index is 12.3. The first-order valence-corrected chi connectivity index (χ1v) is 7.77. The summed E-state index contributed by atoms with van der Waals surface area (Å²) in [6, 6.07) is 6.78. The van der Waals surface area contributed by atoms with Crippen LogP contribution in [-0.2, 0) is 14.3 Å². The van der Waals surface area contributed by atoms with Gasteiger partial charge in [-0.1, -0.05) is 25.0 Å². The molecule has 0 saturated heterocycles. The molecular weight excluding hydrogens is 296 g/mol. The van der Waals surface area contributed by atoms with E-state index in [1.54, 1.807) is 29.2 Å². The van der Waals surface area contributed by atoms with Crippen LogP contribution in [0.5, 0.6) is 0 Å². The molecule has 2 amide bonds. The fourth-order valence-electron chi connectivity index (χ4n) is 2.94. The lowest BCUT2D eigenvalue weighted by Crippen LogP contribution is -2.42. The SMILES string of the molecule is COC(=O)c1ccccc1NC(=O)CN(C(C)=O)C1CCCC1. The number of rotatable bonds is 5. The minimum absolute atomic E-state index is 0.00446. The molecule has 0 radical (unpaired) electrons. The predicted octanol–water partition coefficient (Wildman–Crippen LogP) is 2.20. The summed E-state index contributed by atoms with van der Waals surface area (Å²) in [6.45, 7) is 1.48. The minimum Gasteiger partial charge on any atom is -0.465 e. The number of anilines is 1. The number of para-hydroxylation sites is 1. The molecule has 0 atom stereocenters. The largest absolute Gasteiger partial charge is 0.465 e. The van der Waals surface area contributed by atoms with Gasteiger partial charge in [0.25, 0.3) is 0 Å².